The number of rotatable bonds is 2. The molecule has 1 atom stereocenters. The normalized spacial score (nSPS) is 15.0. The molecule has 0 saturated carbocycles. The number of aromatic hydroxyl groups is 1. The van der Waals surface area contributed by atoms with E-state index in [0.717, 1.165) is 22.4 Å². The highest BCUT2D eigenvalue weighted by atomic mass is 32.1. The van der Waals surface area contributed by atoms with Gasteiger partial charge in [0, 0.05) is 17.5 Å². The van der Waals surface area contributed by atoms with Gasteiger partial charge in [0.05, 0.1) is 12.7 Å². The molecule has 126 valence electrons. The number of ether oxygens (including phenoxy) is 2. The van der Waals surface area contributed by atoms with Crippen molar-refractivity contribution in [2.75, 3.05) is 7.11 Å². The Balaban J connectivity index is 1.99. The van der Waals surface area contributed by atoms with Crippen molar-refractivity contribution in [1.29, 1.82) is 0 Å². The standard InChI is InChI=1S/C18H14N2O3S2/c1-22-11-5-2-9(3-6-11)14-12-7-4-10(21)8-13(12)23-16-15(14)17(24)20-18(25)19-16/h2-8,14,21H,1H3,(H2,19,20,24,25). The lowest BCUT2D eigenvalue weighted by Gasteiger charge is -2.28. The Bertz CT molecular complexity index is 1070. The Morgan fingerprint density at radius 1 is 1.08 bits per heavy atom. The van der Waals surface area contributed by atoms with E-state index >= 15 is 0 Å². The van der Waals surface area contributed by atoms with Gasteiger partial charge in [-0.25, -0.2) is 0 Å². The largest absolute Gasteiger partial charge is 0.508 e. The average Bonchev–Trinajstić information content (AvgIpc) is 2.59. The molecule has 0 bridgehead atoms. The second-order valence-corrected chi connectivity index (χ2v) is 6.50. The number of aromatic amines is 2. The number of fused-ring (bicyclic) bond motifs is 2. The van der Waals surface area contributed by atoms with Crippen LogP contribution >= 0.6 is 24.4 Å². The summed E-state index contributed by atoms with van der Waals surface area (Å²) in [7, 11) is 1.63. The molecule has 1 unspecified atom stereocenters. The average molecular weight is 370 g/mol. The number of nitrogens with one attached hydrogen (secondary N) is 2. The Morgan fingerprint density at radius 3 is 2.56 bits per heavy atom. The van der Waals surface area contributed by atoms with Gasteiger partial charge < -0.3 is 24.5 Å². The topological polar surface area (TPSA) is 70.3 Å². The number of hydrogen-bond acceptors (Lipinski definition) is 5. The molecule has 2 aromatic carbocycles. The number of hydrogen-bond donors (Lipinski definition) is 3. The molecule has 0 aliphatic carbocycles. The summed E-state index contributed by atoms with van der Waals surface area (Å²) in [5.41, 5.74) is 2.76. The van der Waals surface area contributed by atoms with E-state index in [9.17, 15) is 5.11 Å². The molecular weight excluding hydrogens is 356 g/mol. The molecule has 0 radical (unpaired) electrons. The molecule has 0 spiro atoms. The fourth-order valence-electron chi connectivity index (χ4n) is 3.08. The van der Waals surface area contributed by atoms with Gasteiger partial charge in [0.1, 0.15) is 21.9 Å². The van der Waals surface area contributed by atoms with Crippen LogP contribution in [0.15, 0.2) is 42.5 Å². The lowest BCUT2D eigenvalue weighted by Crippen LogP contribution is -2.14. The number of phenols is 1. The minimum absolute atomic E-state index is 0.135. The summed E-state index contributed by atoms with van der Waals surface area (Å²) >= 11 is 10.7. The van der Waals surface area contributed by atoms with Gasteiger partial charge in [0.2, 0.25) is 5.88 Å². The Labute approximate surface area is 153 Å². The number of benzene rings is 2. The first-order valence-electron chi connectivity index (χ1n) is 7.58. The minimum atomic E-state index is -0.152. The number of methoxy groups -OCH3 is 1. The van der Waals surface area contributed by atoms with E-state index in [2.05, 4.69) is 9.97 Å². The highest BCUT2D eigenvalue weighted by Gasteiger charge is 2.31. The lowest BCUT2D eigenvalue weighted by atomic mass is 9.84. The molecule has 2 heterocycles. The molecule has 3 N–H and O–H groups in total. The summed E-state index contributed by atoms with van der Waals surface area (Å²) < 4.78 is 12.1. The fourth-order valence-corrected chi connectivity index (χ4v) is 3.65. The highest BCUT2D eigenvalue weighted by molar-refractivity contribution is 7.72. The van der Waals surface area contributed by atoms with Gasteiger partial charge in [-0.1, -0.05) is 30.4 Å². The maximum absolute atomic E-state index is 9.82. The second kappa shape index (κ2) is 6.02. The van der Waals surface area contributed by atoms with E-state index in [4.69, 9.17) is 33.9 Å². The first-order chi connectivity index (χ1) is 12.1. The van der Waals surface area contributed by atoms with Crippen molar-refractivity contribution in [3.8, 4) is 23.1 Å². The van der Waals surface area contributed by atoms with E-state index in [0.29, 0.717) is 21.0 Å². The lowest BCUT2D eigenvalue weighted by molar-refractivity contribution is 0.414. The monoisotopic (exact) mass is 370 g/mol. The third kappa shape index (κ3) is 2.71. The van der Waals surface area contributed by atoms with Crippen LogP contribution in [-0.2, 0) is 0 Å². The molecule has 0 amide bonds. The molecule has 1 aliphatic heterocycles. The van der Waals surface area contributed by atoms with Crippen molar-refractivity contribution in [3.05, 3.63) is 68.6 Å². The maximum Gasteiger partial charge on any atom is 0.206 e. The van der Waals surface area contributed by atoms with Crippen LogP contribution in [-0.4, -0.2) is 22.2 Å². The summed E-state index contributed by atoms with van der Waals surface area (Å²) in [5.74, 6) is 1.82. The van der Waals surface area contributed by atoms with Crippen LogP contribution < -0.4 is 9.47 Å². The summed E-state index contributed by atoms with van der Waals surface area (Å²) in [6.07, 6.45) is 0. The molecule has 4 rings (SSSR count). The van der Waals surface area contributed by atoms with Crippen molar-refractivity contribution in [2.45, 2.75) is 5.92 Å². The zero-order valence-corrected chi connectivity index (χ0v) is 14.8. The molecule has 5 nitrogen and oxygen atoms in total. The number of H-pyrrole nitrogens is 2. The zero-order valence-electron chi connectivity index (χ0n) is 13.2. The van der Waals surface area contributed by atoms with Crippen molar-refractivity contribution in [1.82, 2.24) is 9.97 Å². The van der Waals surface area contributed by atoms with Crippen LogP contribution in [0, 0.1) is 9.41 Å². The molecule has 1 aromatic heterocycles. The SMILES string of the molecule is COc1ccc(C2c3ccc(O)cc3Oc3[nH]c(=S)[nH]c(=S)c32)cc1. The first-order valence-corrected chi connectivity index (χ1v) is 8.39. The van der Waals surface area contributed by atoms with E-state index in [1.807, 2.05) is 30.3 Å². The Morgan fingerprint density at radius 2 is 1.84 bits per heavy atom. The number of aromatic nitrogens is 2. The van der Waals surface area contributed by atoms with Crippen LogP contribution in [0.4, 0.5) is 0 Å². The minimum Gasteiger partial charge on any atom is -0.508 e. The van der Waals surface area contributed by atoms with Gasteiger partial charge in [0.25, 0.3) is 0 Å². The van der Waals surface area contributed by atoms with Gasteiger partial charge >= 0.3 is 0 Å². The van der Waals surface area contributed by atoms with Crippen LogP contribution in [0.5, 0.6) is 23.1 Å². The van der Waals surface area contributed by atoms with E-state index in [1.54, 1.807) is 19.2 Å². The smallest absolute Gasteiger partial charge is 0.206 e. The third-order valence-electron chi connectivity index (χ3n) is 4.20. The van der Waals surface area contributed by atoms with Gasteiger partial charge in [-0.3, -0.25) is 0 Å². The van der Waals surface area contributed by atoms with Crippen LogP contribution in [0.2, 0.25) is 0 Å². The van der Waals surface area contributed by atoms with Crippen LogP contribution in [0.1, 0.15) is 22.6 Å². The highest BCUT2D eigenvalue weighted by Crippen LogP contribution is 2.47. The quantitative estimate of drug-likeness (QED) is 0.442. The second-order valence-electron chi connectivity index (χ2n) is 5.68. The van der Waals surface area contributed by atoms with Crippen molar-refractivity contribution >= 4 is 24.4 Å². The van der Waals surface area contributed by atoms with Gasteiger partial charge in [-0.15, -0.1) is 0 Å². The van der Waals surface area contributed by atoms with Crippen LogP contribution in [0.25, 0.3) is 0 Å². The van der Waals surface area contributed by atoms with Gasteiger partial charge in [0.15, 0.2) is 4.77 Å². The predicted molar refractivity (Wildman–Crippen MR) is 98.9 cm³/mol. The zero-order chi connectivity index (χ0) is 17.6. The Hall–Kier alpha value is -2.64. The summed E-state index contributed by atoms with van der Waals surface area (Å²) in [4.78, 5) is 6.00. The Kier molecular flexibility index (Phi) is 3.82. The van der Waals surface area contributed by atoms with Crippen molar-refractivity contribution in [2.24, 2.45) is 0 Å². The molecule has 7 heteroatoms. The third-order valence-corrected chi connectivity index (χ3v) is 4.73. The van der Waals surface area contributed by atoms with Crippen molar-refractivity contribution in [3.63, 3.8) is 0 Å². The molecule has 0 fully saturated rings. The molecule has 25 heavy (non-hydrogen) atoms. The molecule has 3 aromatic rings. The maximum atomic E-state index is 9.82. The van der Waals surface area contributed by atoms with Crippen molar-refractivity contribution < 1.29 is 14.6 Å². The van der Waals surface area contributed by atoms with Gasteiger partial charge in [-0.05, 0) is 36.0 Å². The molecular formula is C18H14N2O3S2. The summed E-state index contributed by atoms with van der Waals surface area (Å²) in [6.45, 7) is 0. The van der Waals surface area contributed by atoms with E-state index < -0.39 is 0 Å². The van der Waals surface area contributed by atoms with E-state index in [1.165, 1.54) is 0 Å². The van der Waals surface area contributed by atoms with E-state index in [-0.39, 0.29) is 11.7 Å². The molecule has 0 saturated heterocycles. The fraction of sp³-hybridized carbons (Fsp3) is 0.111. The molecule has 1 aliphatic rings. The van der Waals surface area contributed by atoms with Crippen LogP contribution in [0.3, 0.4) is 0 Å². The first kappa shape index (κ1) is 15.9. The number of phenolic OH excluding ortho intramolecular Hbond substituents is 1. The predicted octanol–water partition coefficient (Wildman–Crippen LogP) is 4.80. The van der Waals surface area contributed by atoms with Gasteiger partial charge in [-0.2, -0.15) is 0 Å². The summed E-state index contributed by atoms with van der Waals surface area (Å²) in [5, 5.41) is 9.82. The summed E-state index contributed by atoms with van der Waals surface area (Å²) in [6, 6.07) is 12.9.